The minimum Gasteiger partial charge on any atom is -0.297 e. The van der Waals surface area contributed by atoms with Crippen molar-refractivity contribution in [3.05, 3.63) is 16.1 Å². The molecule has 1 aromatic heterocycles. The second kappa shape index (κ2) is 6.26. The van der Waals surface area contributed by atoms with Gasteiger partial charge in [-0.25, -0.2) is 10.8 Å². The first-order chi connectivity index (χ1) is 8.69. The van der Waals surface area contributed by atoms with E-state index >= 15 is 0 Å². The maximum Gasteiger partial charge on any atom is 0.294 e. The number of nitrogen functional groups attached to an aromatic ring is 1. The van der Waals surface area contributed by atoms with Gasteiger partial charge in [0.2, 0.25) is 0 Å². The van der Waals surface area contributed by atoms with E-state index in [2.05, 4.69) is 22.2 Å². The van der Waals surface area contributed by atoms with Gasteiger partial charge < -0.3 is 0 Å². The van der Waals surface area contributed by atoms with Crippen LogP contribution in [0.2, 0.25) is 0 Å². The Bertz CT molecular complexity index is 407. The van der Waals surface area contributed by atoms with Gasteiger partial charge in [-0.15, -0.1) is 11.3 Å². The summed E-state index contributed by atoms with van der Waals surface area (Å²) in [5.41, 5.74) is 3.08. The van der Waals surface area contributed by atoms with Crippen LogP contribution in [0.4, 0.5) is 0 Å². The van der Waals surface area contributed by atoms with Gasteiger partial charge in [0.15, 0.2) is 5.01 Å². The molecule has 6 heteroatoms. The van der Waals surface area contributed by atoms with Crippen LogP contribution in [-0.4, -0.2) is 28.9 Å². The quantitative estimate of drug-likeness (QED) is 0.493. The van der Waals surface area contributed by atoms with Gasteiger partial charge in [-0.3, -0.25) is 15.1 Å². The molecule has 0 aromatic carbocycles. The highest BCUT2D eigenvalue weighted by Crippen LogP contribution is 2.19. The number of amides is 1. The third-order valence-corrected chi connectivity index (χ3v) is 4.26. The van der Waals surface area contributed by atoms with E-state index in [9.17, 15) is 4.79 Å². The van der Waals surface area contributed by atoms with Gasteiger partial charge in [0.05, 0.1) is 5.69 Å². The van der Waals surface area contributed by atoms with Gasteiger partial charge in [-0.2, -0.15) is 0 Å². The van der Waals surface area contributed by atoms with E-state index in [1.807, 2.05) is 5.38 Å². The number of hydrogen-bond acceptors (Lipinski definition) is 5. The number of hydrazine groups is 1. The highest BCUT2D eigenvalue weighted by Gasteiger charge is 2.16. The van der Waals surface area contributed by atoms with Crippen LogP contribution in [0.3, 0.4) is 0 Å². The minimum absolute atomic E-state index is 0.310. The van der Waals surface area contributed by atoms with Gasteiger partial charge in [0.1, 0.15) is 0 Å². The van der Waals surface area contributed by atoms with Gasteiger partial charge in [0.25, 0.3) is 5.91 Å². The molecule has 100 valence electrons. The Kier molecular flexibility index (Phi) is 4.68. The maximum atomic E-state index is 11.3. The first kappa shape index (κ1) is 13.5. The van der Waals surface area contributed by atoms with Crippen LogP contribution in [0.15, 0.2) is 5.38 Å². The molecule has 1 fully saturated rings. The van der Waals surface area contributed by atoms with Crippen LogP contribution in [-0.2, 0) is 6.54 Å². The molecule has 5 nitrogen and oxygen atoms in total. The van der Waals surface area contributed by atoms with E-state index in [0.29, 0.717) is 5.01 Å². The molecule has 3 N–H and O–H groups in total. The smallest absolute Gasteiger partial charge is 0.294 e. The third-order valence-electron chi connectivity index (χ3n) is 3.37. The van der Waals surface area contributed by atoms with E-state index in [-0.39, 0.29) is 5.91 Å². The molecule has 0 spiro atoms. The molecule has 1 atom stereocenters. The zero-order valence-corrected chi connectivity index (χ0v) is 11.5. The average Bonchev–Trinajstić information content (AvgIpc) is 2.73. The highest BCUT2D eigenvalue weighted by atomic mass is 32.1. The molecule has 0 saturated carbocycles. The number of aromatic nitrogens is 1. The summed E-state index contributed by atoms with van der Waals surface area (Å²) < 4.78 is 0. The fraction of sp³-hybridized carbons (Fsp3) is 0.667. The fourth-order valence-electron chi connectivity index (χ4n) is 2.26. The lowest BCUT2D eigenvalue weighted by Gasteiger charge is -2.18. The van der Waals surface area contributed by atoms with Crippen LogP contribution >= 0.6 is 11.3 Å². The van der Waals surface area contributed by atoms with Crippen LogP contribution in [0.5, 0.6) is 0 Å². The molecule has 1 saturated heterocycles. The van der Waals surface area contributed by atoms with Gasteiger partial charge in [0, 0.05) is 11.9 Å². The number of likely N-dealkylation sites (tertiary alicyclic amines) is 1. The number of carbonyl (C=O) groups excluding carboxylic acids is 1. The normalized spacial score (nSPS) is 21.6. The topological polar surface area (TPSA) is 71.2 Å². The molecular formula is C12H20N4OS. The summed E-state index contributed by atoms with van der Waals surface area (Å²) in [5, 5.41) is 2.38. The van der Waals surface area contributed by atoms with E-state index in [1.165, 1.54) is 30.6 Å². The van der Waals surface area contributed by atoms with Crippen molar-refractivity contribution in [1.29, 1.82) is 0 Å². The molecule has 0 bridgehead atoms. The molecule has 1 aliphatic rings. The highest BCUT2D eigenvalue weighted by molar-refractivity contribution is 7.11. The first-order valence-electron chi connectivity index (χ1n) is 6.36. The molecular weight excluding hydrogens is 248 g/mol. The predicted octanol–water partition coefficient (Wildman–Crippen LogP) is 1.37. The molecule has 1 unspecified atom stereocenters. The summed E-state index contributed by atoms with van der Waals surface area (Å²) >= 11 is 1.35. The molecule has 2 rings (SSSR count). The Balaban J connectivity index is 1.92. The standard InChI is InChI=1S/C12H20N4OS/c1-9-3-2-5-16(6-4-9)7-10-8-18-12(14-10)11(17)15-13/h8-9H,2-7,13H2,1H3,(H,15,17). The van der Waals surface area contributed by atoms with Crippen LogP contribution in [0, 0.1) is 5.92 Å². The summed E-state index contributed by atoms with van der Waals surface area (Å²) in [6, 6.07) is 0. The van der Waals surface area contributed by atoms with E-state index in [0.717, 1.165) is 31.2 Å². The van der Waals surface area contributed by atoms with Crippen molar-refractivity contribution in [2.75, 3.05) is 13.1 Å². The maximum absolute atomic E-state index is 11.3. The monoisotopic (exact) mass is 268 g/mol. The number of nitrogens with zero attached hydrogens (tertiary/aromatic N) is 2. The lowest BCUT2D eigenvalue weighted by atomic mass is 10.0. The molecule has 1 aromatic rings. The summed E-state index contributed by atoms with van der Waals surface area (Å²) in [6.45, 7) is 5.40. The molecule has 2 heterocycles. The van der Waals surface area contributed by atoms with E-state index in [1.54, 1.807) is 0 Å². The molecule has 0 radical (unpaired) electrons. The lowest BCUT2D eigenvalue weighted by Crippen LogP contribution is -2.30. The average molecular weight is 268 g/mol. The van der Waals surface area contributed by atoms with Crippen LogP contribution < -0.4 is 11.3 Å². The van der Waals surface area contributed by atoms with Crippen molar-refractivity contribution in [2.24, 2.45) is 11.8 Å². The van der Waals surface area contributed by atoms with E-state index < -0.39 is 0 Å². The minimum atomic E-state index is -0.310. The first-order valence-corrected chi connectivity index (χ1v) is 7.24. The number of rotatable bonds is 3. The third kappa shape index (κ3) is 3.51. The molecule has 0 aliphatic carbocycles. The zero-order chi connectivity index (χ0) is 13.0. The summed E-state index contributed by atoms with van der Waals surface area (Å²) in [5.74, 6) is 5.60. The van der Waals surface area contributed by atoms with Crippen molar-refractivity contribution >= 4 is 17.2 Å². The zero-order valence-electron chi connectivity index (χ0n) is 10.7. The number of hydrogen-bond donors (Lipinski definition) is 2. The number of carbonyl (C=O) groups is 1. The predicted molar refractivity (Wildman–Crippen MR) is 72.1 cm³/mol. The van der Waals surface area contributed by atoms with Gasteiger partial charge in [-0.1, -0.05) is 6.92 Å². The Morgan fingerprint density at radius 3 is 3.22 bits per heavy atom. The van der Waals surface area contributed by atoms with E-state index in [4.69, 9.17) is 5.84 Å². The lowest BCUT2D eigenvalue weighted by molar-refractivity contribution is 0.0953. The van der Waals surface area contributed by atoms with Crippen LogP contribution in [0.1, 0.15) is 41.7 Å². The van der Waals surface area contributed by atoms with Gasteiger partial charge >= 0.3 is 0 Å². The number of nitrogens with one attached hydrogen (secondary N) is 1. The van der Waals surface area contributed by atoms with Crippen molar-refractivity contribution in [1.82, 2.24) is 15.3 Å². The Morgan fingerprint density at radius 1 is 1.61 bits per heavy atom. The Hall–Kier alpha value is -0.980. The van der Waals surface area contributed by atoms with Crippen LogP contribution in [0.25, 0.3) is 0 Å². The van der Waals surface area contributed by atoms with Crippen molar-refractivity contribution in [2.45, 2.75) is 32.7 Å². The summed E-state index contributed by atoms with van der Waals surface area (Å²) in [7, 11) is 0. The second-order valence-electron chi connectivity index (χ2n) is 4.93. The Morgan fingerprint density at radius 2 is 2.44 bits per heavy atom. The summed E-state index contributed by atoms with van der Waals surface area (Å²) in [6.07, 6.45) is 3.82. The van der Waals surface area contributed by atoms with Crippen molar-refractivity contribution in [3.8, 4) is 0 Å². The second-order valence-corrected chi connectivity index (χ2v) is 5.79. The van der Waals surface area contributed by atoms with Crippen molar-refractivity contribution in [3.63, 3.8) is 0 Å². The molecule has 1 aliphatic heterocycles. The fourth-order valence-corrected chi connectivity index (χ4v) is 2.97. The summed E-state index contributed by atoms with van der Waals surface area (Å²) in [4.78, 5) is 18.0. The van der Waals surface area contributed by atoms with Gasteiger partial charge in [-0.05, 0) is 38.3 Å². The number of nitrogens with two attached hydrogens (primary N) is 1. The Labute approximate surface area is 111 Å². The SMILES string of the molecule is CC1CCCN(Cc2csc(C(=O)NN)n2)CC1. The van der Waals surface area contributed by atoms with Crippen molar-refractivity contribution < 1.29 is 4.79 Å². The molecule has 18 heavy (non-hydrogen) atoms. The molecule has 1 amide bonds. The largest absolute Gasteiger partial charge is 0.297 e. The number of thiazole rings is 1.